The molecule has 0 unspecified atom stereocenters. The van der Waals surface area contributed by atoms with Gasteiger partial charge >= 0.3 is 11.9 Å². The van der Waals surface area contributed by atoms with Crippen LogP contribution < -0.4 is 0 Å². The molecule has 0 bridgehead atoms. The molecule has 290 valence electrons. The van der Waals surface area contributed by atoms with Gasteiger partial charge in [0.15, 0.2) is 0 Å². The number of benzene rings is 2. The molecular formula is C44H63N3O6. The van der Waals surface area contributed by atoms with Crippen molar-refractivity contribution in [3.05, 3.63) is 71.8 Å². The van der Waals surface area contributed by atoms with Gasteiger partial charge in [0, 0.05) is 78.1 Å². The van der Waals surface area contributed by atoms with Crippen molar-refractivity contribution >= 4 is 23.8 Å². The Morgan fingerprint density at radius 2 is 0.906 bits per heavy atom. The van der Waals surface area contributed by atoms with E-state index in [1.807, 2.05) is 70.5 Å². The van der Waals surface area contributed by atoms with E-state index in [0.29, 0.717) is 55.9 Å². The summed E-state index contributed by atoms with van der Waals surface area (Å²) in [5, 5.41) is 0. The number of hydrogen-bond donors (Lipinski definition) is 0. The lowest BCUT2D eigenvalue weighted by atomic mass is 9.77. The average molecular weight is 730 g/mol. The third-order valence-corrected chi connectivity index (χ3v) is 11.7. The number of carbonyl (C=O) groups is 4. The summed E-state index contributed by atoms with van der Waals surface area (Å²) in [6, 6.07) is 19.0. The molecule has 1 aliphatic carbocycles. The summed E-state index contributed by atoms with van der Waals surface area (Å²) in [7, 11) is 0. The van der Waals surface area contributed by atoms with Crippen LogP contribution >= 0.6 is 0 Å². The Hall–Kier alpha value is -3.72. The number of rotatable bonds is 11. The van der Waals surface area contributed by atoms with Crippen LogP contribution in [0.25, 0.3) is 0 Å². The van der Waals surface area contributed by atoms with Crippen LogP contribution in [0.4, 0.5) is 0 Å². The van der Waals surface area contributed by atoms with Gasteiger partial charge in [0.25, 0.3) is 11.8 Å². The third kappa shape index (κ3) is 9.88. The van der Waals surface area contributed by atoms with Gasteiger partial charge in [0.2, 0.25) is 0 Å². The molecule has 0 spiro atoms. The molecule has 2 aromatic carbocycles. The zero-order valence-corrected chi connectivity index (χ0v) is 33.5. The van der Waals surface area contributed by atoms with Crippen LogP contribution in [0.15, 0.2) is 60.7 Å². The predicted octanol–water partition coefficient (Wildman–Crippen LogP) is 8.21. The van der Waals surface area contributed by atoms with Gasteiger partial charge in [0.05, 0.1) is 12.8 Å². The molecule has 1 saturated carbocycles. The summed E-state index contributed by atoms with van der Waals surface area (Å²) < 4.78 is 12.3. The van der Waals surface area contributed by atoms with Gasteiger partial charge in [-0.2, -0.15) is 0 Å². The number of hydrogen-bond acceptors (Lipinski definition) is 7. The second kappa shape index (κ2) is 16.3. The van der Waals surface area contributed by atoms with Crippen molar-refractivity contribution in [2.45, 2.75) is 166 Å². The van der Waals surface area contributed by atoms with E-state index in [9.17, 15) is 19.2 Å². The van der Waals surface area contributed by atoms with Crippen molar-refractivity contribution < 1.29 is 28.7 Å². The second-order valence-electron chi connectivity index (χ2n) is 18.1. The number of ether oxygens (including phenoxy) is 2. The van der Waals surface area contributed by atoms with Crippen molar-refractivity contribution in [1.29, 1.82) is 0 Å². The Kier molecular flexibility index (Phi) is 12.5. The molecule has 2 heterocycles. The topological polar surface area (TPSA) is 96.5 Å². The SMILES string of the molecule is CC1(C)CC(OC(=O)CCN(CCC(=O)OC2CC(C)(C)N(C(=O)c3ccccc3)C(C)(C)C2)C2CCCCC2)CC(C)(C)N1C(=O)c1ccccc1. The van der Waals surface area contributed by atoms with E-state index >= 15 is 0 Å². The summed E-state index contributed by atoms with van der Waals surface area (Å²) in [6.07, 6.45) is 7.74. The Morgan fingerprint density at radius 1 is 0.566 bits per heavy atom. The number of likely N-dealkylation sites (tertiary alicyclic amines) is 2. The van der Waals surface area contributed by atoms with Crippen molar-refractivity contribution in [1.82, 2.24) is 14.7 Å². The number of esters is 2. The molecule has 0 radical (unpaired) electrons. The fraction of sp³-hybridized carbons (Fsp3) is 0.636. The number of amides is 2. The van der Waals surface area contributed by atoms with E-state index in [1.165, 1.54) is 6.42 Å². The summed E-state index contributed by atoms with van der Waals surface area (Å²) >= 11 is 0. The Bertz CT molecular complexity index is 1440. The number of nitrogens with zero attached hydrogens (tertiary/aromatic N) is 3. The van der Waals surface area contributed by atoms with Gasteiger partial charge in [-0.3, -0.25) is 24.1 Å². The van der Waals surface area contributed by atoms with Crippen LogP contribution in [0.1, 0.15) is 147 Å². The lowest BCUT2D eigenvalue weighted by molar-refractivity contribution is -0.158. The molecule has 2 aliphatic heterocycles. The first-order chi connectivity index (χ1) is 24.9. The Morgan fingerprint density at radius 3 is 1.25 bits per heavy atom. The number of piperidine rings is 2. The minimum Gasteiger partial charge on any atom is -0.462 e. The van der Waals surface area contributed by atoms with Crippen LogP contribution in [-0.4, -0.2) is 91.9 Å². The van der Waals surface area contributed by atoms with Gasteiger partial charge in [-0.1, -0.05) is 55.7 Å². The van der Waals surface area contributed by atoms with Gasteiger partial charge in [0.1, 0.15) is 12.2 Å². The molecule has 0 atom stereocenters. The highest BCUT2D eigenvalue weighted by atomic mass is 16.5. The average Bonchev–Trinajstić information content (AvgIpc) is 3.07. The maximum absolute atomic E-state index is 13.6. The second-order valence-corrected chi connectivity index (χ2v) is 18.1. The summed E-state index contributed by atoms with van der Waals surface area (Å²) in [6.45, 7) is 17.5. The molecule has 5 rings (SSSR count). The minimum absolute atomic E-state index is 0.0110. The molecule has 3 aliphatic rings. The van der Waals surface area contributed by atoms with Crippen LogP contribution in [0.3, 0.4) is 0 Å². The van der Waals surface area contributed by atoms with Crippen molar-refractivity contribution in [3.63, 3.8) is 0 Å². The van der Waals surface area contributed by atoms with E-state index in [2.05, 4.69) is 60.3 Å². The zero-order chi connectivity index (χ0) is 38.6. The summed E-state index contributed by atoms with van der Waals surface area (Å²) in [5.41, 5.74) is -0.716. The van der Waals surface area contributed by atoms with Gasteiger partial charge in [-0.15, -0.1) is 0 Å². The van der Waals surface area contributed by atoms with Crippen molar-refractivity contribution in [2.24, 2.45) is 0 Å². The summed E-state index contributed by atoms with van der Waals surface area (Å²) in [4.78, 5) is 60.2. The molecular weight excluding hydrogens is 666 g/mol. The molecule has 2 aromatic rings. The fourth-order valence-electron chi connectivity index (χ4n) is 9.95. The van der Waals surface area contributed by atoms with Crippen LogP contribution in [0.5, 0.6) is 0 Å². The molecule has 9 heteroatoms. The van der Waals surface area contributed by atoms with E-state index in [-0.39, 0.29) is 48.8 Å². The zero-order valence-electron chi connectivity index (χ0n) is 33.5. The lowest BCUT2D eigenvalue weighted by Crippen LogP contribution is -2.64. The van der Waals surface area contributed by atoms with E-state index < -0.39 is 22.2 Å². The largest absolute Gasteiger partial charge is 0.462 e. The molecule has 0 aromatic heterocycles. The molecule has 53 heavy (non-hydrogen) atoms. The van der Waals surface area contributed by atoms with E-state index in [0.717, 1.165) is 25.7 Å². The molecule has 9 nitrogen and oxygen atoms in total. The van der Waals surface area contributed by atoms with Crippen molar-refractivity contribution in [3.8, 4) is 0 Å². The van der Waals surface area contributed by atoms with Gasteiger partial charge in [-0.25, -0.2) is 0 Å². The molecule has 2 amide bonds. The van der Waals surface area contributed by atoms with Crippen LogP contribution in [0.2, 0.25) is 0 Å². The normalized spacial score (nSPS) is 21.6. The van der Waals surface area contributed by atoms with Crippen molar-refractivity contribution in [2.75, 3.05) is 13.1 Å². The Balaban J connectivity index is 1.15. The highest BCUT2D eigenvalue weighted by molar-refractivity contribution is 5.96. The first-order valence-corrected chi connectivity index (χ1v) is 19.8. The first kappa shape index (κ1) is 40.5. The van der Waals surface area contributed by atoms with Gasteiger partial charge < -0.3 is 19.3 Å². The lowest BCUT2D eigenvalue weighted by Gasteiger charge is -2.54. The van der Waals surface area contributed by atoms with Gasteiger partial charge in [-0.05, 0) is 92.5 Å². The molecule has 0 N–H and O–H groups in total. The Labute approximate surface area is 317 Å². The highest BCUT2D eigenvalue weighted by Crippen LogP contribution is 2.42. The molecule has 3 fully saturated rings. The van der Waals surface area contributed by atoms with E-state index in [4.69, 9.17) is 9.47 Å². The first-order valence-electron chi connectivity index (χ1n) is 19.8. The maximum atomic E-state index is 13.6. The van der Waals surface area contributed by atoms with Crippen LogP contribution in [-0.2, 0) is 19.1 Å². The standard InChI is InChI=1S/C44H63N3O6/c1-41(2)28-35(29-42(3,4)46(41)39(50)32-18-12-9-13-19-32)52-37(48)24-26-45(34-22-16-11-17-23-34)27-25-38(49)53-36-30-43(5,6)47(44(7,8)31-36)40(51)33-20-14-10-15-21-33/h9-10,12-15,18-21,34-36H,11,16-17,22-31H2,1-8H3. The summed E-state index contributed by atoms with van der Waals surface area (Å²) in [5.74, 6) is -0.505. The predicted molar refractivity (Wildman–Crippen MR) is 207 cm³/mol. The monoisotopic (exact) mass is 729 g/mol. The molecule has 2 saturated heterocycles. The highest BCUT2D eigenvalue weighted by Gasteiger charge is 2.50. The van der Waals surface area contributed by atoms with E-state index in [1.54, 1.807) is 0 Å². The van der Waals surface area contributed by atoms with Crippen LogP contribution in [0, 0.1) is 0 Å². The quantitative estimate of drug-likeness (QED) is 0.215. The fourth-order valence-corrected chi connectivity index (χ4v) is 9.95. The number of carbonyl (C=O) groups excluding carboxylic acids is 4. The maximum Gasteiger partial charge on any atom is 0.307 e. The smallest absolute Gasteiger partial charge is 0.307 e. The minimum atomic E-state index is -0.507. The third-order valence-electron chi connectivity index (χ3n) is 11.7.